The molecule has 2 aliphatic heterocycles. The number of ether oxygens (including phenoxy) is 1. The third kappa shape index (κ3) is 4.02. The molecule has 0 saturated carbocycles. The van der Waals surface area contributed by atoms with E-state index >= 15 is 0 Å². The van der Waals surface area contributed by atoms with Crippen LogP contribution in [0.15, 0.2) is 12.4 Å². The summed E-state index contributed by atoms with van der Waals surface area (Å²) in [5.74, 6) is 1.06. The molecule has 0 aliphatic carbocycles. The molecule has 3 heterocycles. The minimum absolute atomic E-state index is 0.0644. The highest BCUT2D eigenvalue weighted by atomic mass is 16.5. The summed E-state index contributed by atoms with van der Waals surface area (Å²) in [6, 6.07) is 0.0644. The van der Waals surface area contributed by atoms with Gasteiger partial charge in [0.15, 0.2) is 0 Å². The van der Waals surface area contributed by atoms with Crippen LogP contribution in [-0.2, 0) is 9.53 Å². The molecule has 1 aromatic heterocycles. The lowest BCUT2D eigenvalue weighted by molar-refractivity contribution is -0.132. The van der Waals surface area contributed by atoms with Gasteiger partial charge in [-0.15, -0.1) is 0 Å². The molecule has 0 N–H and O–H groups in total. The van der Waals surface area contributed by atoms with E-state index in [4.69, 9.17) is 4.74 Å². The minimum Gasteiger partial charge on any atom is -0.379 e. The monoisotopic (exact) mass is 333 g/mol. The molecule has 7 heteroatoms. The maximum absolute atomic E-state index is 12.7. The van der Waals surface area contributed by atoms with Crippen molar-refractivity contribution in [1.82, 2.24) is 19.8 Å². The Morgan fingerprint density at radius 2 is 2.08 bits per heavy atom. The summed E-state index contributed by atoms with van der Waals surface area (Å²) < 4.78 is 5.36. The maximum Gasteiger partial charge on any atom is 0.224 e. The van der Waals surface area contributed by atoms with Crippen LogP contribution in [0.3, 0.4) is 0 Å². The normalized spacial score (nSPS) is 21.9. The van der Waals surface area contributed by atoms with Crippen LogP contribution in [0.4, 0.5) is 5.82 Å². The van der Waals surface area contributed by atoms with Crippen LogP contribution in [0, 0.1) is 0 Å². The van der Waals surface area contributed by atoms with Crippen molar-refractivity contribution in [2.45, 2.75) is 25.3 Å². The molecule has 1 unspecified atom stereocenters. The third-order valence-corrected chi connectivity index (χ3v) is 4.76. The van der Waals surface area contributed by atoms with Gasteiger partial charge in [0.25, 0.3) is 0 Å². The number of nitrogens with zero attached hydrogens (tertiary/aromatic N) is 5. The summed E-state index contributed by atoms with van der Waals surface area (Å²) in [5, 5.41) is 0. The van der Waals surface area contributed by atoms with Crippen molar-refractivity contribution in [2.75, 3.05) is 58.4 Å². The van der Waals surface area contributed by atoms with Gasteiger partial charge in [0.1, 0.15) is 5.82 Å². The first-order valence-electron chi connectivity index (χ1n) is 8.74. The SMILES string of the molecule is CN(C)c1cncc(C2CCCN2C(=O)CCN2CCOCC2)n1. The summed E-state index contributed by atoms with van der Waals surface area (Å²) in [4.78, 5) is 27.9. The van der Waals surface area contributed by atoms with Gasteiger partial charge in [0, 0.05) is 46.7 Å². The molecule has 0 aromatic carbocycles. The first-order valence-corrected chi connectivity index (χ1v) is 8.74. The zero-order valence-electron chi connectivity index (χ0n) is 14.6. The van der Waals surface area contributed by atoms with Crippen LogP contribution >= 0.6 is 0 Å². The zero-order chi connectivity index (χ0) is 16.9. The van der Waals surface area contributed by atoms with Crippen molar-refractivity contribution in [3.05, 3.63) is 18.1 Å². The molecule has 24 heavy (non-hydrogen) atoms. The second kappa shape index (κ2) is 7.90. The number of amides is 1. The van der Waals surface area contributed by atoms with Gasteiger partial charge < -0.3 is 14.5 Å². The summed E-state index contributed by atoms with van der Waals surface area (Å²) in [7, 11) is 3.90. The Kier molecular flexibility index (Phi) is 5.63. The molecule has 0 bridgehead atoms. The van der Waals surface area contributed by atoms with Crippen molar-refractivity contribution >= 4 is 11.7 Å². The van der Waals surface area contributed by atoms with E-state index in [9.17, 15) is 4.79 Å². The molecule has 1 atom stereocenters. The predicted molar refractivity (Wildman–Crippen MR) is 91.9 cm³/mol. The number of carbonyl (C=O) groups is 1. The number of aromatic nitrogens is 2. The second-order valence-corrected chi connectivity index (χ2v) is 6.65. The van der Waals surface area contributed by atoms with Crippen molar-refractivity contribution in [1.29, 1.82) is 0 Å². The Morgan fingerprint density at radius 3 is 2.83 bits per heavy atom. The van der Waals surface area contributed by atoms with Crippen LogP contribution in [0.25, 0.3) is 0 Å². The smallest absolute Gasteiger partial charge is 0.224 e. The van der Waals surface area contributed by atoms with E-state index in [2.05, 4.69) is 14.9 Å². The lowest BCUT2D eigenvalue weighted by Crippen LogP contribution is -2.39. The van der Waals surface area contributed by atoms with Crippen molar-refractivity contribution in [3.8, 4) is 0 Å². The van der Waals surface area contributed by atoms with Crippen LogP contribution < -0.4 is 4.90 Å². The highest BCUT2D eigenvalue weighted by Gasteiger charge is 2.31. The van der Waals surface area contributed by atoms with Gasteiger partial charge in [-0.3, -0.25) is 14.7 Å². The molecule has 1 aromatic rings. The van der Waals surface area contributed by atoms with Gasteiger partial charge >= 0.3 is 0 Å². The fraction of sp³-hybridized carbons (Fsp3) is 0.706. The minimum atomic E-state index is 0.0644. The van der Waals surface area contributed by atoms with Crippen LogP contribution in [0.1, 0.15) is 31.0 Å². The number of morpholine rings is 1. The van der Waals surface area contributed by atoms with E-state index in [1.165, 1.54) is 0 Å². The first kappa shape index (κ1) is 17.1. The Morgan fingerprint density at radius 1 is 1.29 bits per heavy atom. The van der Waals surface area contributed by atoms with E-state index in [-0.39, 0.29) is 11.9 Å². The van der Waals surface area contributed by atoms with Gasteiger partial charge in [0.05, 0.1) is 37.3 Å². The average Bonchev–Trinajstić information content (AvgIpc) is 3.10. The predicted octanol–water partition coefficient (Wildman–Crippen LogP) is 0.928. The highest BCUT2D eigenvalue weighted by molar-refractivity contribution is 5.77. The van der Waals surface area contributed by atoms with E-state index in [1.54, 1.807) is 12.4 Å². The number of hydrogen-bond donors (Lipinski definition) is 0. The zero-order valence-corrected chi connectivity index (χ0v) is 14.6. The Bertz CT molecular complexity index is 560. The van der Waals surface area contributed by atoms with Crippen molar-refractivity contribution in [2.24, 2.45) is 0 Å². The fourth-order valence-corrected chi connectivity index (χ4v) is 3.34. The molecule has 0 spiro atoms. The van der Waals surface area contributed by atoms with Gasteiger partial charge in [-0.05, 0) is 12.8 Å². The molecule has 2 fully saturated rings. The summed E-state index contributed by atoms with van der Waals surface area (Å²) in [5.41, 5.74) is 0.901. The van der Waals surface area contributed by atoms with Gasteiger partial charge in [-0.2, -0.15) is 0 Å². The topological polar surface area (TPSA) is 61.8 Å². The number of carbonyl (C=O) groups excluding carboxylic acids is 1. The number of likely N-dealkylation sites (tertiary alicyclic amines) is 1. The average molecular weight is 333 g/mol. The van der Waals surface area contributed by atoms with Crippen molar-refractivity contribution in [3.63, 3.8) is 0 Å². The quantitative estimate of drug-likeness (QED) is 0.799. The fourth-order valence-electron chi connectivity index (χ4n) is 3.34. The van der Waals surface area contributed by atoms with Crippen LogP contribution in [0.5, 0.6) is 0 Å². The molecular formula is C17H27N5O2. The van der Waals surface area contributed by atoms with Gasteiger partial charge in [-0.1, -0.05) is 0 Å². The number of rotatable bonds is 5. The molecule has 3 rings (SSSR count). The second-order valence-electron chi connectivity index (χ2n) is 6.65. The lowest BCUT2D eigenvalue weighted by Gasteiger charge is -2.29. The standard InChI is InChI=1S/C17H27N5O2/c1-20(2)16-13-18-12-14(19-16)15-4-3-6-22(15)17(23)5-7-21-8-10-24-11-9-21/h12-13,15H,3-11H2,1-2H3. The van der Waals surface area contributed by atoms with Crippen molar-refractivity contribution < 1.29 is 9.53 Å². The summed E-state index contributed by atoms with van der Waals surface area (Å²) in [6.45, 7) is 5.02. The number of anilines is 1. The van der Waals surface area contributed by atoms with E-state index in [0.29, 0.717) is 6.42 Å². The molecule has 1 amide bonds. The molecule has 0 radical (unpaired) electrons. The summed E-state index contributed by atoms with van der Waals surface area (Å²) in [6.07, 6.45) is 6.11. The van der Waals surface area contributed by atoms with Crippen LogP contribution in [0.2, 0.25) is 0 Å². The Balaban J connectivity index is 1.62. The molecule has 132 valence electrons. The molecule has 2 saturated heterocycles. The van der Waals surface area contributed by atoms with Crippen LogP contribution in [-0.4, -0.2) is 79.2 Å². The molecule has 7 nitrogen and oxygen atoms in total. The first-order chi connectivity index (χ1) is 11.6. The summed E-state index contributed by atoms with van der Waals surface area (Å²) >= 11 is 0. The molecule has 2 aliphatic rings. The third-order valence-electron chi connectivity index (χ3n) is 4.76. The largest absolute Gasteiger partial charge is 0.379 e. The van der Waals surface area contributed by atoms with E-state index in [0.717, 1.165) is 63.7 Å². The number of hydrogen-bond acceptors (Lipinski definition) is 6. The van der Waals surface area contributed by atoms with Gasteiger partial charge in [-0.25, -0.2) is 4.98 Å². The molecular weight excluding hydrogens is 306 g/mol. The van der Waals surface area contributed by atoms with Gasteiger partial charge in [0.2, 0.25) is 5.91 Å². The highest BCUT2D eigenvalue weighted by Crippen LogP contribution is 2.31. The Labute approximate surface area is 143 Å². The maximum atomic E-state index is 12.7. The lowest BCUT2D eigenvalue weighted by atomic mass is 10.1. The Hall–Kier alpha value is -1.73. The van der Waals surface area contributed by atoms with E-state index < -0.39 is 0 Å². The van der Waals surface area contributed by atoms with E-state index in [1.807, 2.05) is 23.9 Å².